The second kappa shape index (κ2) is 5.50. The first kappa shape index (κ1) is 13.5. The van der Waals surface area contributed by atoms with Crippen molar-refractivity contribution >= 4 is 0 Å². The van der Waals surface area contributed by atoms with Gasteiger partial charge in [0.1, 0.15) is 5.82 Å². The number of rotatable bonds is 3. The summed E-state index contributed by atoms with van der Waals surface area (Å²) >= 11 is 0. The van der Waals surface area contributed by atoms with Crippen molar-refractivity contribution in [3.05, 3.63) is 71.7 Å². The molecule has 0 spiro atoms. The Morgan fingerprint density at radius 2 is 1.81 bits per heavy atom. The van der Waals surface area contributed by atoms with Crippen LogP contribution in [0, 0.1) is 12.7 Å². The molecule has 0 saturated carbocycles. The van der Waals surface area contributed by atoms with Crippen molar-refractivity contribution in [3.63, 3.8) is 0 Å². The number of para-hydroxylation sites is 1. The maximum atomic E-state index is 13.1. The highest BCUT2D eigenvalue weighted by Crippen LogP contribution is 2.25. The van der Waals surface area contributed by atoms with Crippen LogP contribution >= 0.6 is 0 Å². The molecule has 0 aliphatic heterocycles. The predicted octanol–water partition coefficient (Wildman–Crippen LogP) is 3.45. The molecule has 0 aliphatic rings. The first-order chi connectivity index (χ1) is 10.2. The van der Waals surface area contributed by atoms with E-state index in [9.17, 15) is 4.39 Å². The normalized spacial score (nSPS) is 10.8. The Kier molecular flexibility index (Phi) is 3.54. The van der Waals surface area contributed by atoms with Gasteiger partial charge in [0.25, 0.3) is 0 Å². The highest BCUT2D eigenvalue weighted by atomic mass is 19.1. The first-order valence-electron chi connectivity index (χ1n) is 6.80. The van der Waals surface area contributed by atoms with Crippen LogP contribution in [0.1, 0.15) is 11.3 Å². The van der Waals surface area contributed by atoms with Crippen LogP contribution in [0.25, 0.3) is 16.9 Å². The molecular weight excluding hydrogens is 265 g/mol. The van der Waals surface area contributed by atoms with Gasteiger partial charge >= 0.3 is 0 Å². The van der Waals surface area contributed by atoms with Crippen molar-refractivity contribution in [1.82, 2.24) is 9.78 Å². The summed E-state index contributed by atoms with van der Waals surface area (Å²) in [5.74, 6) is -0.250. The molecular formula is C17H16FN3. The number of hydrogen-bond acceptors (Lipinski definition) is 2. The second-order valence-electron chi connectivity index (χ2n) is 4.93. The van der Waals surface area contributed by atoms with Gasteiger partial charge < -0.3 is 5.73 Å². The highest BCUT2D eigenvalue weighted by Gasteiger charge is 2.12. The first-order valence-corrected chi connectivity index (χ1v) is 6.80. The van der Waals surface area contributed by atoms with Crippen LogP contribution in [0.3, 0.4) is 0 Å². The molecule has 0 radical (unpaired) electrons. The van der Waals surface area contributed by atoms with Gasteiger partial charge in [-0.25, -0.2) is 9.07 Å². The highest BCUT2D eigenvalue weighted by molar-refractivity contribution is 5.63. The standard InChI is InChI=1S/C17H16FN3/c1-12-4-2-3-5-16(12)21-17(10-15(11-19)20-21)13-6-8-14(18)9-7-13/h2-10H,11,19H2,1H3. The van der Waals surface area contributed by atoms with Crippen molar-refractivity contribution in [2.45, 2.75) is 13.5 Å². The lowest BCUT2D eigenvalue weighted by molar-refractivity contribution is 0.628. The fourth-order valence-corrected chi connectivity index (χ4v) is 2.34. The molecule has 0 saturated heterocycles. The molecule has 3 aromatic rings. The number of nitrogens with two attached hydrogens (primary N) is 1. The summed E-state index contributed by atoms with van der Waals surface area (Å²) in [6, 6.07) is 16.4. The molecule has 0 bridgehead atoms. The van der Waals surface area contributed by atoms with E-state index in [2.05, 4.69) is 5.10 Å². The van der Waals surface area contributed by atoms with E-state index in [1.54, 1.807) is 12.1 Å². The summed E-state index contributed by atoms with van der Waals surface area (Å²) in [6.07, 6.45) is 0. The third-order valence-corrected chi connectivity index (χ3v) is 3.45. The number of halogens is 1. The maximum absolute atomic E-state index is 13.1. The molecule has 2 N–H and O–H groups in total. The number of hydrogen-bond donors (Lipinski definition) is 1. The Morgan fingerprint density at radius 3 is 2.48 bits per heavy atom. The van der Waals surface area contributed by atoms with Crippen molar-refractivity contribution in [2.75, 3.05) is 0 Å². The smallest absolute Gasteiger partial charge is 0.123 e. The van der Waals surface area contributed by atoms with Crippen LogP contribution in [0.4, 0.5) is 4.39 Å². The van der Waals surface area contributed by atoms with Gasteiger partial charge in [-0.1, -0.05) is 18.2 Å². The molecule has 0 fully saturated rings. The Balaban J connectivity index is 2.19. The Morgan fingerprint density at radius 1 is 1.10 bits per heavy atom. The van der Waals surface area contributed by atoms with Crippen molar-refractivity contribution < 1.29 is 4.39 Å². The quantitative estimate of drug-likeness (QED) is 0.799. The molecule has 3 nitrogen and oxygen atoms in total. The molecule has 3 rings (SSSR count). The molecule has 0 amide bonds. The largest absolute Gasteiger partial charge is 0.325 e. The Labute approximate surface area is 122 Å². The van der Waals surface area contributed by atoms with Crippen molar-refractivity contribution in [1.29, 1.82) is 0 Å². The van der Waals surface area contributed by atoms with E-state index in [1.807, 2.05) is 41.9 Å². The van der Waals surface area contributed by atoms with Crippen LogP contribution in [-0.2, 0) is 6.54 Å². The van der Waals surface area contributed by atoms with Gasteiger partial charge in [-0.3, -0.25) is 0 Å². The van der Waals surface area contributed by atoms with Crippen LogP contribution in [0.5, 0.6) is 0 Å². The van der Waals surface area contributed by atoms with E-state index < -0.39 is 0 Å². The monoisotopic (exact) mass is 281 g/mol. The van der Waals surface area contributed by atoms with E-state index in [0.29, 0.717) is 6.54 Å². The van der Waals surface area contributed by atoms with Crippen molar-refractivity contribution in [3.8, 4) is 16.9 Å². The fraction of sp³-hybridized carbons (Fsp3) is 0.118. The Hall–Kier alpha value is -2.46. The van der Waals surface area contributed by atoms with E-state index in [-0.39, 0.29) is 5.82 Å². The molecule has 2 aromatic carbocycles. The molecule has 1 aromatic heterocycles. The lowest BCUT2D eigenvalue weighted by atomic mass is 10.1. The molecule has 0 atom stereocenters. The van der Waals surface area contributed by atoms with E-state index >= 15 is 0 Å². The average molecular weight is 281 g/mol. The molecule has 21 heavy (non-hydrogen) atoms. The average Bonchev–Trinajstić information content (AvgIpc) is 2.92. The van der Waals surface area contributed by atoms with Crippen LogP contribution in [0.15, 0.2) is 54.6 Å². The van der Waals surface area contributed by atoms with E-state index in [0.717, 1.165) is 28.2 Å². The molecule has 106 valence electrons. The molecule has 1 heterocycles. The van der Waals surface area contributed by atoms with Crippen LogP contribution in [-0.4, -0.2) is 9.78 Å². The Bertz CT molecular complexity index is 760. The van der Waals surface area contributed by atoms with Crippen LogP contribution < -0.4 is 5.73 Å². The van der Waals surface area contributed by atoms with Gasteiger partial charge in [-0.15, -0.1) is 0 Å². The lowest BCUT2D eigenvalue weighted by Crippen LogP contribution is -2.03. The maximum Gasteiger partial charge on any atom is 0.123 e. The van der Waals surface area contributed by atoms with Gasteiger partial charge in [0.05, 0.1) is 17.1 Å². The molecule has 0 unspecified atom stereocenters. The van der Waals surface area contributed by atoms with Gasteiger partial charge in [0.2, 0.25) is 0 Å². The summed E-state index contributed by atoms with van der Waals surface area (Å²) in [5.41, 5.74) is 10.4. The zero-order valence-electron chi connectivity index (χ0n) is 11.8. The lowest BCUT2D eigenvalue weighted by Gasteiger charge is -2.10. The SMILES string of the molecule is Cc1ccccc1-n1nc(CN)cc1-c1ccc(F)cc1. The zero-order chi connectivity index (χ0) is 14.8. The van der Waals surface area contributed by atoms with Gasteiger partial charge in [0, 0.05) is 12.1 Å². The number of nitrogens with zero attached hydrogens (tertiary/aromatic N) is 2. The van der Waals surface area contributed by atoms with Crippen molar-refractivity contribution in [2.24, 2.45) is 5.73 Å². The second-order valence-corrected chi connectivity index (χ2v) is 4.93. The number of aromatic nitrogens is 2. The molecule has 4 heteroatoms. The van der Waals surface area contributed by atoms with E-state index in [4.69, 9.17) is 5.73 Å². The van der Waals surface area contributed by atoms with E-state index in [1.165, 1.54) is 12.1 Å². The van der Waals surface area contributed by atoms with Gasteiger partial charge in [0.15, 0.2) is 0 Å². The minimum Gasteiger partial charge on any atom is -0.325 e. The molecule has 0 aliphatic carbocycles. The van der Waals surface area contributed by atoms with Crippen LogP contribution in [0.2, 0.25) is 0 Å². The van der Waals surface area contributed by atoms with Gasteiger partial charge in [-0.2, -0.15) is 5.10 Å². The number of aryl methyl sites for hydroxylation is 1. The third-order valence-electron chi connectivity index (χ3n) is 3.45. The topological polar surface area (TPSA) is 43.8 Å². The summed E-state index contributed by atoms with van der Waals surface area (Å²) in [5, 5.41) is 4.56. The third kappa shape index (κ3) is 2.58. The zero-order valence-corrected chi connectivity index (χ0v) is 11.8. The predicted molar refractivity (Wildman–Crippen MR) is 81.6 cm³/mol. The summed E-state index contributed by atoms with van der Waals surface area (Å²) < 4.78 is 15.0. The number of benzene rings is 2. The summed E-state index contributed by atoms with van der Waals surface area (Å²) in [6.45, 7) is 2.40. The fourth-order valence-electron chi connectivity index (χ4n) is 2.34. The summed E-state index contributed by atoms with van der Waals surface area (Å²) in [4.78, 5) is 0. The van der Waals surface area contributed by atoms with Gasteiger partial charge in [-0.05, 0) is 48.9 Å². The minimum absolute atomic E-state index is 0.250. The summed E-state index contributed by atoms with van der Waals surface area (Å²) in [7, 11) is 0. The minimum atomic E-state index is -0.250.